The fraction of sp³-hybridized carbons (Fsp3) is 0.133. The average molecular weight is 353 g/mol. The molecular formula is C15H13BrO3S. The van der Waals surface area contributed by atoms with Crippen LogP contribution in [0.2, 0.25) is 0 Å². The van der Waals surface area contributed by atoms with Crippen molar-refractivity contribution in [2.75, 3.05) is 5.75 Å². The second-order valence-corrected chi connectivity index (χ2v) is 6.69. The molecule has 0 fully saturated rings. The smallest absolute Gasteiger partial charge is 0.336 e. The number of carboxylic acid groups (broad SMARTS) is 1. The molecular weight excluding hydrogens is 340 g/mol. The first-order valence-electron chi connectivity index (χ1n) is 6.03. The Bertz CT molecular complexity index is 641. The van der Waals surface area contributed by atoms with Crippen molar-refractivity contribution in [3.63, 3.8) is 0 Å². The predicted octanol–water partition coefficient (Wildman–Crippen LogP) is 3.50. The van der Waals surface area contributed by atoms with Gasteiger partial charge >= 0.3 is 5.97 Å². The Kier molecular flexibility index (Phi) is 5.09. The molecule has 0 amide bonds. The van der Waals surface area contributed by atoms with E-state index in [1.54, 1.807) is 12.1 Å². The number of hydrogen-bond acceptors (Lipinski definition) is 2. The molecule has 2 rings (SSSR count). The highest BCUT2D eigenvalue weighted by Crippen LogP contribution is 2.21. The van der Waals surface area contributed by atoms with Crippen LogP contribution in [0.15, 0.2) is 57.9 Å². The maximum absolute atomic E-state index is 12.3. The van der Waals surface area contributed by atoms with Crippen LogP contribution in [0.5, 0.6) is 0 Å². The zero-order valence-corrected chi connectivity index (χ0v) is 13.0. The number of rotatable bonds is 5. The zero-order valence-electron chi connectivity index (χ0n) is 10.6. The second kappa shape index (κ2) is 6.81. The van der Waals surface area contributed by atoms with Gasteiger partial charge in [0.1, 0.15) is 0 Å². The van der Waals surface area contributed by atoms with Gasteiger partial charge in [-0.15, -0.1) is 0 Å². The number of carboxylic acids is 1. The zero-order chi connectivity index (χ0) is 14.5. The summed E-state index contributed by atoms with van der Waals surface area (Å²) in [5, 5.41) is 9.14. The lowest BCUT2D eigenvalue weighted by molar-refractivity contribution is 0.0693. The van der Waals surface area contributed by atoms with Gasteiger partial charge in [-0.25, -0.2) is 4.79 Å². The van der Waals surface area contributed by atoms with Crippen LogP contribution in [-0.2, 0) is 17.2 Å². The first kappa shape index (κ1) is 14.9. The Morgan fingerprint density at radius 3 is 2.50 bits per heavy atom. The topological polar surface area (TPSA) is 54.4 Å². The monoisotopic (exact) mass is 352 g/mol. The van der Waals surface area contributed by atoms with Gasteiger partial charge in [-0.3, -0.25) is 4.21 Å². The summed E-state index contributed by atoms with van der Waals surface area (Å²) in [6.45, 7) is 0. The first-order valence-corrected chi connectivity index (χ1v) is 8.14. The highest BCUT2D eigenvalue weighted by Gasteiger charge is 2.15. The number of aromatic carboxylic acids is 1. The molecule has 5 heteroatoms. The Labute approximate surface area is 128 Å². The number of carbonyl (C=O) groups is 1. The molecule has 0 aromatic heterocycles. The maximum Gasteiger partial charge on any atom is 0.336 e. The molecule has 0 aliphatic heterocycles. The van der Waals surface area contributed by atoms with E-state index in [1.165, 1.54) is 6.07 Å². The molecule has 0 aliphatic carbocycles. The van der Waals surface area contributed by atoms with Crippen molar-refractivity contribution in [3.8, 4) is 0 Å². The van der Waals surface area contributed by atoms with Gasteiger partial charge < -0.3 is 5.11 Å². The van der Waals surface area contributed by atoms with E-state index in [0.29, 0.717) is 17.1 Å². The van der Waals surface area contributed by atoms with Gasteiger partial charge in [0.25, 0.3) is 0 Å². The Morgan fingerprint density at radius 2 is 1.85 bits per heavy atom. The number of aryl methyl sites for hydroxylation is 1. The molecule has 0 saturated heterocycles. The van der Waals surface area contributed by atoms with Crippen LogP contribution in [0, 0.1) is 0 Å². The van der Waals surface area contributed by atoms with Gasteiger partial charge in [-0.05, 0) is 30.2 Å². The summed E-state index contributed by atoms with van der Waals surface area (Å²) < 4.78 is 13.0. The summed E-state index contributed by atoms with van der Waals surface area (Å²) in [4.78, 5) is 11.5. The molecule has 0 spiro atoms. The normalized spacial score (nSPS) is 12.1. The van der Waals surface area contributed by atoms with Crippen LogP contribution >= 0.6 is 15.9 Å². The summed E-state index contributed by atoms with van der Waals surface area (Å²) in [6, 6.07) is 14.5. The Morgan fingerprint density at radius 1 is 1.15 bits per heavy atom. The molecule has 3 nitrogen and oxygen atoms in total. The third-order valence-corrected chi connectivity index (χ3v) is 4.73. The Hall–Kier alpha value is -1.46. The van der Waals surface area contributed by atoms with Gasteiger partial charge in [0.15, 0.2) is 0 Å². The van der Waals surface area contributed by atoms with Crippen LogP contribution in [-0.4, -0.2) is 21.0 Å². The van der Waals surface area contributed by atoms with E-state index in [9.17, 15) is 9.00 Å². The highest BCUT2D eigenvalue weighted by molar-refractivity contribution is 9.10. The lowest BCUT2D eigenvalue weighted by atomic mass is 10.2. The van der Waals surface area contributed by atoms with E-state index in [2.05, 4.69) is 15.9 Å². The van der Waals surface area contributed by atoms with Crippen molar-refractivity contribution < 1.29 is 14.1 Å². The quantitative estimate of drug-likeness (QED) is 0.895. The molecule has 0 heterocycles. The Balaban J connectivity index is 2.17. The van der Waals surface area contributed by atoms with Crippen molar-refractivity contribution in [2.24, 2.45) is 0 Å². The van der Waals surface area contributed by atoms with Crippen LogP contribution < -0.4 is 0 Å². The molecule has 0 aliphatic rings. The summed E-state index contributed by atoms with van der Waals surface area (Å²) in [5.41, 5.74) is 1.19. The molecule has 1 N–H and O–H groups in total. The maximum atomic E-state index is 12.3. The minimum absolute atomic E-state index is 0.0968. The standard InChI is InChI=1S/C15H13BrO3S/c16-12-6-7-13(15(17)18)14(10-12)20(19)9-8-11-4-2-1-3-5-11/h1-7,10H,8-9H2,(H,17,18). The van der Waals surface area contributed by atoms with Crippen molar-refractivity contribution >= 4 is 32.7 Å². The summed E-state index contributed by atoms with van der Waals surface area (Å²) in [5.74, 6) is -0.652. The van der Waals surface area contributed by atoms with Crippen LogP contribution in [0.1, 0.15) is 15.9 Å². The van der Waals surface area contributed by atoms with E-state index in [0.717, 1.165) is 10.0 Å². The number of benzene rings is 2. The van der Waals surface area contributed by atoms with E-state index >= 15 is 0 Å². The van der Waals surface area contributed by atoms with Gasteiger partial charge in [0, 0.05) is 10.2 Å². The van der Waals surface area contributed by atoms with E-state index < -0.39 is 16.8 Å². The van der Waals surface area contributed by atoms with Crippen molar-refractivity contribution in [2.45, 2.75) is 11.3 Å². The summed E-state index contributed by atoms with van der Waals surface area (Å²) in [6.07, 6.45) is 0.652. The molecule has 1 atom stereocenters. The van der Waals surface area contributed by atoms with E-state index in [1.807, 2.05) is 30.3 Å². The molecule has 1 unspecified atom stereocenters. The first-order chi connectivity index (χ1) is 9.58. The molecule has 2 aromatic rings. The fourth-order valence-corrected chi connectivity index (χ4v) is 3.64. The highest BCUT2D eigenvalue weighted by atomic mass is 79.9. The number of halogens is 1. The second-order valence-electron chi connectivity index (χ2n) is 4.23. The van der Waals surface area contributed by atoms with Crippen molar-refractivity contribution in [1.82, 2.24) is 0 Å². The third kappa shape index (κ3) is 3.77. The van der Waals surface area contributed by atoms with E-state index in [-0.39, 0.29) is 5.56 Å². The minimum atomic E-state index is -1.34. The van der Waals surface area contributed by atoms with Gasteiger partial charge in [-0.1, -0.05) is 46.3 Å². The summed E-state index contributed by atoms with van der Waals surface area (Å²) in [7, 11) is -1.34. The SMILES string of the molecule is O=C(O)c1ccc(Br)cc1S(=O)CCc1ccccc1. The lowest BCUT2D eigenvalue weighted by Crippen LogP contribution is -2.08. The van der Waals surface area contributed by atoms with Gasteiger partial charge in [0.05, 0.1) is 21.3 Å². The molecule has 0 bridgehead atoms. The molecule has 0 saturated carbocycles. The fourth-order valence-electron chi connectivity index (χ4n) is 1.83. The summed E-state index contributed by atoms with van der Waals surface area (Å²) >= 11 is 3.28. The molecule has 104 valence electrons. The van der Waals surface area contributed by atoms with Gasteiger partial charge in [0.2, 0.25) is 0 Å². The van der Waals surface area contributed by atoms with Gasteiger partial charge in [-0.2, -0.15) is 0 Å². The number of hydrogen-bond donors (Lipinski definition) is 1. The predicted molar refractivity (Wildman–Crippen MR) is 82.5 cm³/mol. The van der Waals surface area contributed by atoms with Crippen LogP contribution in [0.4, 0.5) is 0 Å². The molecule has 2 aromatic carbocycles. The van der Waals surface area contributed by atoms with Crippen LogP contribution in [0.25, 0.3) is 0 Å². The third-order valence-electron chi connectivity index (χ3n) is 2.84. The average Bonchev–Trinajstić information content (AvgIpc) is 2.45. The molecule has 0 radical (unpaired) electrons. The lowest BCUT2D eigenvalue weighted by Gasteiger charge is -2.07. The largest absolute Gasteiger partial charge is 0.478 e. The minimum Gasteiger partial charge on any atom is -0.478 e. The molecule has 20 heavy (non-hydrogen) atoms. The van der Waals surface area contributed by atoms with Crippen molar-refractivity contribution in [3.05, 3.63) is 64.1 Å². The van der Waals surface area contributed by atoms with Crippen molar-refractivity contribution in [1.29, 1.82) is 0 Å². The van der Waals surface area contributed by atoms with Crippen LogP contribution in [0.3, 0.4) is 0 Å². The van der Waals surface area contributed by atoms with E-state index in [4.69, 9.17) is 5.11 Å².